The maximum absolute atomic E-state index is 12.1. The minimum Gasteiger partial charge on any atom is -0.338 e. The van der Waals surface area contributed by atoms with Gasteiger partial charge in [0.25, 0.3) is 5.91 Å². The second kappa shape index (κ2) is 4.93. The second-order valence-corrected chi connectivity index (χ2v) is 7.59. The Morgan fingerprint density at radius 1 is 1.39 bits per heavy atom. The summed E-state index contributed by atoms with van der Waals surface area (Å²) in [6, 6.07) is 0. The van der Waals surface area contributed by atoms with Crippen molar-refractivity contribution in [2.75, 3.05) is 19.3 Å². The van der Waals surface area contributed by atoms with Crippen LogP contribution in [0.2, 0.25) is 0 Å². The molecule has 1 aromatic rings. The molecular formula is C10H15N3O3S2. The van der Waals surface area contributed by atoms with Crippen LogP contribution < -0.4 is 0 Å². The second-order valence-electron chi connectivity index (χ2n) is 4.51. The summed E-state index contributed by atoms with van der Waals surface area (Å²) >= 11 is 1.09. The molecule has 1 aromatic heterocycles. The van der Waals surface area contributed by atoms with Crippen LogP contribution in [0, 0.1) is 6.92 Å². The molecule has 0 aliphatic carbocycles. The van der Waals surface area contributed by atoms with Crippen molar-refractivity contribution in [2.45, 2.75) is 25.0 Å². The van der Waals surface area contributed by atoms with E-state index in [1.54, 1.807) is 11.8 Å². The van der Waals surface area contributed by atoms with Gasteiger partial charge < -0.3 is 4.90 Å². The summed E-state index contributed by atoms with van der Waals surface area (Å²) in [6.45, 7) is 2.71. The summed E-state index contributed by atoms with van der Waals surface area (Å²) in [6.07, 6.45) is 2.28. The highest BCUT2D eigenvalue weighted by Gasteiger charge is 2.30. The van der Waals surface area contributed by atoms with Crippen LogP contribution in [0.4, 0.5) is 0 Å². The van der Waals surface area contributed by atoms with Crippen LogP contribution in [0.5, 0.6) is 0 Å². The molecule has 0 N–H and O–H groups in total. The third kappa shape index (κ3) is 2.69. The van der Waals surface area contributed by atoms with Crippen LogP contribution in [-0.2, 0) is 9.84 Å². The van der Waals surface area contributed by atoms with Gasteiger partial charge in [0.05, 0.1) is 10.9 Å². The molecule has 8 heteroatoms. The molecule has 0 bridgehead atoms. The number of amides is 1. The van der Waals surface area contributed by atoms with Gasteiger partial charge in [0, 0.05) is 19.3 Å². The first-order valence-electron chi connectivity index (χ1n) is 5.66. The lowest BCUT2D eigenvalue weighted by Gasteiger charge is -2.30. The monoisotopic (exact) mass is 289 g/mol. The Morgan fingerprint density at radius 3 is 2.44 bits per heavy atom. The van der Waals surface area contributed by atoms with Crippen molar-refractivity contribution in [3.05, 3.63) is 10.6 Å². The summed E-state index contributed by atoms with van der Waals surface area (Å²) in [5.74, 6) is -0.0885. The van der Waals surface area contributed by atoms with E-state index < -0.39 is 9.84 Å². The van der Waals surface area contributed by atoms with Gasteiger partial charge in [-0.2, -0.15) is 0 Å². The molecule has 0 radical (unpaired) electrons. The number of carbonyl (C=O) groups is 1. The SMILES string of the molecule is Cc1nnsc1C(=O)N1CCC(S(C)(=O)=O)CC1. The molecule has 1 fully saturated rings. The average Bonchev–Trinajstić information content (AvgIpc) is 2.73. The fraction of sp³-hybridized carbons (Fsp3) is 0.700. The van der Waals surface area contributed by atoms with Crippen molar-refractivity contribution >= 4 is 27.3 Å². The molecule has 1 aliphatic rings. The minimum absolute atomic E-state index is 0.0885. The van der Waals surface area contributed by atoms with Crippen LogP contribution in [0.25, 0.3) is 0 Å². The normalized spacial score (nSPS) is 18.0. The number of piperidine rings is 1. The number of carbonyl (C=O) groups excluding carboxylic acids is 1. The average molecular weight is 289 g/mol. The van der Waals surface area contributed by atoms with Gasteiger partial charge in [-0.1, -0.05) is 4.49 Å². The van der Waals surface area contributed by atoms with Gasteiger partial charge in [0.1, 0.15) is 14.7 Å². The lowest BCUT2D eigenvalue weighted by Crippen LogP contribution is -2.42. The van der Waals surface area contributed by atoms with E-state index in [1.807, 2.05) is 0 Å². The van der Waals surface area contributed by atoms with Crippen molar-refractivity contribution in [3.8, 4) is 0 Å². The molecule has 0 unspecified atom stereocenters. The summed E-state index contributed by atoms with van der Waals surface area (Å²) < 4.78 is 26.6. The van der Waals surface area contributed by atoms with E-state index in [0.717, 1.165) is 11.5 Å². The highest BCUT2D eigenvalue weighted by atomic mass is 32.2. The standard InChI is InChI=1S/C10H15N3O3S2/c1-7-9(17-12-11-7)10(14)13-5-3-8(4-6-13)18(2,15)16/h8H,3-6H2,1-2H3. The predicted molar refractivity (Wildman–Crippen MR) is 68.4 cm³/mol. The smallest absolute Gasteiger partial charge is 0.267 e. The van der Waals surface area contributed by atoms with Crippen LogP contribution in [-0.4, -0.2) is 53.4 Å². The van der Waals surface area contributed by atoms with E-state index in [2.05, 4.69) is 9.59 Å². The molecular weight excluding hydrogens is 274 g/mol. The van der Waals surface area contributed by atoms with Crippen molar-refractivity contribution in [3.63, 3.8) is 0 Å². The molecule has 1 saturated heterocycles. The molecule has 0 spiro atoms. The highest BCUT2D eigenvalue weighted by molar-refractivity contribution is 7.91. The van der Waals surface area contributed by atoms with Crippen molar-refractivity contribution in [2.24, 2.45) is 0 Å². The number of hydrogen-bond donors (Lipinski definition) is 0. The Hall–Kier alpha value is -1.02. The molecule has 1 aliphatic heterocycles. The van der Waals surface area contributed by atoms with E-state index in [1.165, 1.54) is 6.26 Å². The predicted octanol–water partition coefficient (Wildman–Crippen LogP) is 0.496. The Bertz CT molecular complexity index is 544. The fourth-order valence-corrected chi connectivity index (χ4v) is 3.75. The maximum Gasteiger partial charge on any atom is 0.267 e. The number of hydrogen-bond acceptors (Lipinski definition) is 6. The van der Waals surface area contributed by atoms with Crippen LogP contribution in [0.15, 0.2) is 0 Å². The van der Waals surface area contributed by atoms with Crippen molar-refractivity contribution in [1.29, 1.82) is 0 Å². The number of aryl methyl sites for hydroxylation is 1. The van der Waals surface area contributed by atoms with Crippen molar-refractivity contribution < 1.29 is 13.2 Å². The molecule has 100 valence electrons. The third-order valence-corrected chi connectivity index (χ3v) is 5.68. The number of sulfone groups is 1. The Kier molecular flexibility index (Phi) is 3.67. The van der Waals surface area contributed by atoms with Gasteiger partial charge in [-0.05, 0) is 31.3 Å². The Morgan fingerprint density at radius 2 is 2.00 bits per heavy atom. The van der Waals surface area contributed by atoms with Crippen LogP contribution in [0.3, 0.4) is 0 Å². The number of rotatable bonds is 2. The zero-order chi connectivity index (χ0) is 13.3. The van der Waals surface area contributed by atoms with E-state index >= 15 is 0 Å². The lowest BCUT2D eigenvalue weighted by molar-refractivity contribution is 0.0729. The van der Waals surface area contributed by atoms with Gasteiger partial charge in [-0.25, -0.2) is 8.42 Å². The van der Waals surface area contributed by atoms with E-state index in [-0.39, 0.29) is 11.2 Å². The number of likely N-dealkylation sites (tertiary alicyclic amines) is 1. The Balaban J connectivity index is 2.03. The first-order chi connectivity index (χ1) is 8.39. The zero-order valence-electron chi connectivity index (χ0n) is 10.3. The zero-order valence-corrected chi connectivity index (χ0v) is 11.9. The first kappa shape index (κ1) is 13.4. The topological polar surface area (TPSA) is 80.2 Å². The lowest BCUT2D eigenvalue weighted by atomic mass is 10.1. The summed E-state index contributed by atoms with van der Waals surface area (Å²) in [4.78, 5) is 14.4. The molecule has 1 amide bonds. The van der Waals surface area contributed by atoms with Gasteiger partial charge in [0.15, 0.2) is 0 Å². The molecule has 6 nitrogen and oxygen atoms in total. The quantitative estimate of drug-likeness (QED) is 0.792. The minimum atomic E-state index is -3.00. The summed E-state index contributed by atoms with van der Waals surface area (Å²) in [5.41, 5.74) is 0.634. The van der Waals surface area contributed by atoms with Gasteiger partial charge in [0.2, 0.25) is 0 Å². The molecule has 2 rings (SSSR count). The Labute approximate surface area is 110 Å². The highest BCUT2D eigenvalue weighted by Crippen LogP contribution is 2.20. The third-order valence-electron chi connectivity index (χ3n) is 3.18. The molecule has 18 heavy (non-hydrogen) atoms. The molecule has 2 heterocycles. The van der Waals surface area contributed by atoms with E-state index in [4.69, 9.17) is 0 Å². The van der Waals surface area contributed by atoms with E-state index in [0.29, 0.717) is 36.5 Å². The molecule has 0 saturated carbocycles. The molecule has 0 aromatic carbocycles. The number of aromatic nitrogens is 2. The fourth-order valence-electron chi connectivity index (χ4n) is 2.06. The largest absolute Gasteiger partial charge is 0.338 e. The maximum atomic E-state index is 12.1. The first-order valence-corrected chi connectivity index (χ1v) is 8.39. The van der Waals surface area contributed by atoms with Crippen molar-refractivity contribution in [1.82, 2.24) is 14.5 Å². The van der Waals surface area contributed by atoms with Crippen LogP contribution in [0.1, 0.15) is 28.2 Å². The van der Waals surface area contributed by atoms with Gasteiger partial charge >= 0.3 is 0 Å². The summed E-state index contributed by atoms with van der Waals surface area (Å²) in [7, 11) is -3.00. The van der Waals surface area contributed by atoms with Gasteiger partial charge in [-0.3, -0.25) is 4.79 Å². The number of nitrogens with zero attached hydrogens (tertiary/aromatic N) is 3. The van der Waals surface area contributed by atoms with Gasteiger partial charge in [-0.15, -0.1) is 5.10 Å². The van der Waals surface area contributed by atoms with E-state index in [9.17, 15) is 13.2 Å². The summed E-state index contributed by atoms with van der Waals surface area (Å²) in [5, 5.41) is 3.49. The van der Waals surface area contributed by atoms with Crippen LogP contribution >= 0.6 is 11.5 Å². The molecule has 0 atom stereocenters.